The fourth-order valence-corrected chi connectivity index (χ4v) is 1.31. The number of rotatable bonds is 3. The average Bonchev–Trinajstić information content (AvgIpc) is 2.12. The van der Waals surface area contributed by atoms with E-state index in [1.807, 2.05) is 0 Å². The van der Waals surface area contributed by atoms with E-state index >= 15 is 0 Å². The van der Waals surface area contributed by atoms with Gasteiger partial charge in [0.15, 0.2) is 5.82 Å². The fraction of sp³-hybridized carbons (Fsp3) is 0.500. The molecule has 0 saturated heterocycles. The van der Waals surface area contributed by atoms with Crippen LogP contribution in [0.2, 0.25) is 5.15 Å². The smallest absolute Gasteiger partial charge is 0.364 e. The van der Waals surface area contributed by atoms with E-state index in [1.165, 1.54) is 0 Å². The summed E-state index contributed by atoms with van der Waals surface area (Å²) in [5.74, 6) is 0.120. The Morgan fingerprint density at radius 3 is 2.50 bits per heavy atom. The van der Waals surface area contributed by atoms with Crippen LogP contribution in [0.3, 0.4) is 0 Å². The van der Waals surface area contributed by atoms with Crippen LogP contribution < -0.4 is 0 Å². The normalized spacial score (nSPS) is 11.9. The molecule has 0 bridgehead atoms. The number of hydrogen-bond donors (Lipinski definition) is 0. The maximum Gasteiger partial charge on any atom is 0.411 e. The largest absolute Gasteiger partial charge is 0.411 e. The lowest BCUT2D eigenvalue weighted by atomic mass is 10.4. The SMILES string of the molecule is Cc1nc(COCC(F)(F)F)nc(Cl)c1Br. The van der Waals surface area contributed by atoms with Crippen LogP contribution in [0.4, 0.5) is 13.2 Å². The number of ether oxygens (including phenoxy) is 1. The predicted octanol–water partition coefficient (Wildman–Crippen LogP) is 3.28. The molecule has 0 aromatic carbocycles. The van der Waals surface area contributed by atoms with Crippen molar-refractivity contribution in [3.8, 4) is 0 Å². The second kappa shape index (κ2) is 5.29. The molecule has 0 N–H and O–H groups in total. The molecule has 3 nitrogen and oxygen atoms in total. The molecule has 0 amide bonds. The minimum atomic E-state index is -4.35. The third-order valence-corrected chi connectivity index (χ3v) is 2.97. The van der Waals surface area contributed by atoms with Gasteiger partial charge in [0.05, 0.1) is 10.2 Å². The van der Waals surface area contributed by atoms with Crippen molar-refractivity contribution in [2.75, 3.05) is 6.61 Å². The molecule has 16 heavy (non-hydrogen) atoms. The summed E-state index contributed by atoms with van der Waals surface area (Å²) in [6.45, 7) is 0.00133. The van der Waals surface area contributed by atoms with E-state index in [2.05, 4.69) is 30.6 Å². The Labute approximate surface area is 103 Å². The van der Waals surface area contributed by atoms with Gasteiger partial charge in [-0.05, 0) is 22.9 Å². The Bertz CT molecular complexity index is 363. The molecule has 0 fully saturated rings. The first-order valence-corrected chi connectivity index (χ1v) is 5.29. The fourth-order valence-electron chi connectivity index (χ4n) is 0.902. The van der Waals surface area contributed by atoms with Crippen LogP contribution in [-0.2, 0) is 11.3 Å². The lowest BCUT2D eigenvalue weighted by Gasteiger charge is -2.08. The summed E-state index contributed by atoms with van der Waals surface area (Å²) in [5.41, 5.74) is 0.547. The molecular weight excluding hydrogens is 312 g/mol. The molecule has 90 valence electrons. The number of halogens is 5. The van der Waals surface area contributed by atoms with Gasteiger partial charge in [-0.3, -0.25) is 0 Å². The first-order chi connectivity index (χ1) is 7.29. The van der Waals surface area contributed by atoms with E-state index in [0.29, 0.717) is 10.2 Å². The van der Waals surface area contributed by atoms with E-state index in [-0.39, 0.29) is 17.6 Å². The van der Waals surface area contributed by atoms with Crippen molar-refractivity contribution in [2.45, 2.75) is 19.7 Å². The van der Waals surface area contributed by atoms with Gasteiger partial charge in [-0.1, -0.05) is 11.6 Å². The molecule has 8 heteroatoms. The van der Waals surface area contributed by atoms with E-state index in [0.717, 1.165) is 0 Å². The van der Waals surface area contributed by atoms with Gasteiger partial charge in [0.25, 0.3) is 0 Å². The Balaban J connectivity index is 2.62. The van der Waals surface area contributed by atoms with Crippen molar-refractivity contribution in [3.63, 3.8) is 0 Å². The molecule has 0 aliphatic heterocycles. The number of aryl methyl sites for hydroxylation is 1. The molecule has 0 saturated carbocycles. The lowest BCUT2D eigenvalue weighted by Crippen LogP contribution is -2.17. The second-order valence-electron chi connectivity index (χ2n) is 2.94. The first kappa shape index (κ1) is 13.7. The Hall–Kier alpha value is -0.400. The Morgan fingerprint density at radius 1 is 1.38 bits per heavy atom. The molecule has 0 aliphatic rings. The summed E-state index contributed by atoms with van der Waals surface area (Å²) in [6, 6.07) is 0. The minimum Gasteiger partial charge on any atom is -0.364 e. The van der Waals surface area contributed by atoms with E-state index in [9.17, 15) is 13.2 Å². The Morgan fingerprint density at radius 2 is 2.00 bits per heavy atom. The molecule has 0 unspecified atom stereocenters. The highest BCUT2D eigenvalue weighted by atomic mass is 79.9. The van der Waals surface area contributed by atoms with Gasteiger partial charge in [-0.2, -0.15) is 13.2 Å². The monoisotopic (exact) mass is 318 g/mol. The maximum absolute atomic E-state index is 11.8. The first-order valence-electron chi connectivity index (χ1n) is 4.12. The molecule has 0 radical (unpaired) electrons. The highest BCUT2D eigenvalue weighted by molar-refractivity contribution is 9.10. The van der Waals surface area contributed by atoms with Gasteiger partial charge in [0, 0.05) is 0 Å². The van der Waals surface area contributed by atoms with Crippen LogP contribution in [0.5, 0.6) is 0 Å². The van der Waals surface area contributed by atoms with Crippen LogP contribution in [-0.4, -0.2) is 22.8 Å². The summed E-state index contributed by atoms with van der Waals surface area (Å²) in [4.78, 5) is 7.69. The topological polar surface area (TPSA) is 35.0 Å². The van der Waals surface area contributed by atoms with Crippen LogP contribution in [0.15, 0.2) is 4.47 Å². The van der Waals surface area contributed by atoms with Crippen molar-refractivity contribution >= 4 is 27.5 Å². The van der Waals surface area contributed by atoms with Crippen LogP contribution >= 0.6 is 27.5 Å². The van der Waals surface area contributed by atoms with E-state index in [4.69, 9.17) is 11.6 Å². The van der Waals surface area contributed by atoms with Crippen molar-refractivity contribution in [3.05, 3.63) is 21.1 Å². The molecular formula is C8H7BrClF3N2O. The number of alkyl halides is 3. The standard InChI is InChI=1S/C8H7BrClF3N2O/c1-4-6(9)7(10)15-5(14-4)2-16-3-8(11,12)13/h2-3H2,1H3. The van der Waals surface area contributed by atoms with Crippen LogP contribution in [0.25, 0.3) is 0 Å². The third-order valence-electron chi connectivity index (χ3n) is 1.52. The van der Waals surface area contributed by atoms with Crippen molar-refractivity contribution < 1.29 is 17.9 Å². The molecule has 1 heterocycles. The van der Waals surface area contributed by atoms with Crippen molar-refractivity contribution in [1.82, 2.24) is 9.97 Å². The minimum absolute atomic E-state index is 0.120. The lowest BCUT2D eigenvalue weighted by molar-refractivity contribution is -0.177. The second-order valence-corrected chi connectivity index (χ2v) is 4.09. The van der Waals surface area contributed by atoms with Gasteiger partial charge in [-0.15, -0.1) is 0 Å². The van der Waals surface area contributed by atoms with Gasteiger partial charge in [-0.25, -0.2) is 9.97 Å². The van der Waals surface area contributed by atoms with Gasteiger partial charge in [0.1, 0.15) is 18.4 Å². The summed E-state index contributed by atoms with van der Waals surface area (Å²) in [6.07, 6.45) is -4.35. The zero-order valence-electron chi connectivity index (χ0n) is 8.11. The number of hydrogen-bond acceptors (Lipinski definition) is 3. The Kier molecular flexibility index (Phi) is 4.52. The van der Waals surface area contributed by atoms with Crippen molar-refractivity contribution in [1.29, 1.82) is 0 Å². The number of aromatic nitrogens is 2. The summed E-state index contributed by atoms with van der Waals surface area (Å²) < 4.78 is 40.3. The highest BCUT2D eigenvalue weighted by Gasteiger charge is 2.27. The molecule has 0 atom stereocenters. The van der Waals surface area contributed by atoms with Crippen LogP contribution in [0.1, 0.15) is 11.5 Å². The zero-order chi connectivity index (χ0) is 12.3. The number of nitrogens with zero attached hydrogens (tertiary/aromatic N) is 2. The van der Waals surface area contributed by atoms with E-state index < -0.39 is 12.8 Å². The van der Waals surface area contributed by atoms with Gasteiger partial charge in [0.2, 0.25) is 0 Å². The zero-order valence-corrected chi connectivity index (χ0v) is 10.4. The molecule has 1 aromatic rings. The quantitative estimate of drug-likeness (QED) is 0.802. The van der Waals surface area contributed by atoms with Gasteiger partial charge >= 0.3 is 6.18 Å². The maximum atomic E-state index is 11.8. The summed E-state index contributed by atoms with van der Waals surface area (Å²) in [7, 11) is 0. The summed E-state index contributed by atoms with van der Waals surface area (Å²) in [5, 5.41) is 0.151. The molecule has 0 aliphatic carbocycles. The highest BCUT2D eigenvalue weighted by Crippen LogP contribution is 2.23. The predicted molar refractivity (Wildman–Crippen MR) is 55.2 cm³/mol. The summed E-state index contributed by atoms with van der Waals surface area (Å²) >= 11 is 8.85. The molecule has 0 spiro atoms. The van der Waals surface area contributed by atoms with Gasteiger partial charge < -0.3 is 4.74 Å². The molecule has 1 aromatic heterocycles. The van der Waals surface area contributed by atoms with Crippen LogP contribution in [0, 0.1) is 6.92 Å². The van der Waals surface area contributed by atoms with Crippen molar-refractivity contribution in [2.24, 2.45) is 0 Å². The third kappa shape index (κ3) is 4.23. The van der Waals surface area contributed by atoms with E-state index in [1.54, 1.807) is 6.92 Å². The molecule has 1 rings (SSSR count). The average molecular weight is 320 g/mol.